The molecule has 0 aromatic heterocycles. The number of benzene rings is 1. The quantitative estimate of drug-likeness (QED) is 0.867. The third kappa shape index (κ3) is 4.08. The lowest BCUT2D eigenvalue weighted by molar-refractivity contribution is 0.00800. The largest absolute Gasteiger partial charge is 0.496 e. The smallest absolute Gasteiger partial charge is 0.410 e. The highest BCUT2D eigenvalue weighted by molar-refractivity contribution is 6.42. The second-order valence-corrected chi connectivity index (χ2v) is 7.62. The van der Waals surface area contributed by atoms with Gasteiger partial charge in [0.15, 0.2) is 0 Å². The molecule has 0 bridgehead atoms. The van der Waals surface area contributed by atoms with Crippen molar-refractivity contribution in [2.45, 2.75) is 38.7 Å². The molecule has 1 aliphatic heterocycles. The molecule has 1 heterocycles. The topological polar surface area (TPSA) is 59.0 Å². The second-order valence-electron chi connectivity index (χ2n) is 6.83. The average molecular weight is 376 g/mol. The summed E-state index contributed by atoms with van der Waals surface area (Å²) >= 11 is 12.6. The van der Waals surface area contributed by atoms with Gasteiger partial charge in [-0.15, -0.1) is 0 Å². The Morgan fingerprint density at radius 3 is 2.50 bits per heavy atom. The zero-order chi connectivity index (χ0) is 18.1. The molecule has 7 heteroatoms. The third-order valence-electron chi connectivity index (χ3n) is 3.81. The monoisotopic (exact) mass is 375 g/mol. The molecule has 0 saturated carbocycles. The van der Waals surface area contributed by atoms with Gasteiger partial charge in [-0.2, -0.15) is 0 Å². The molecular formula is C17H23Cl2NO4. The van der Waals surface area contributed by atoms with E-state index < -0.39 is 5.60 Å². The van der Waals surface area contributed by atoms with Crippen LogP contribution in [0.3, 0.4) is 0 Å². The molecule has 0 atom stereocenters. The summed E-state index contributed by atoms with van der Waals surface area (Å²) < 4.78 is 10.9. The Kier molecular flexibility index (Phi) is 5.89. The molecule has 1 amide bonds. The summed E-state index contributed by atoms with van der Waals surface area (Å²) in [5.41, 5.74) is 1.07. The molecule has 2 rings (SSSR count). The standard InChI is InChI=1S/C17H23Cl2NO4/c1-17(2,3)24-16(22)20-8-11(9-20)13-14(19)12(18)7-10(5-6-21)15(13)23-4/h7,11,21H,5-6,8-9H2,1-4H3. The van der Waals surface area contributed by atoms with E-state index in [1.165, 1.54) is 0 Å². The number of methoxy groups -OCH3 is 1. The Balaban J connectivity index is 2.21. The van der Waals surface area contributed by atoms with E-state index in [2.05, 4.69) is 0 Å². The number of hydrogen-bond donors (Lipinski definition) is 1. The van der Waals surface area contributed by atoms with E-state index in [0.29, 0.717) is 35.3 Å². The summed E-state index contributed by atoms with van der Waals surface area (Å²) in [5.74, 6) is 0.656. The number of halogens is 2. The minimum Gasteiger partial charge on any atom is -0.496 e. The number of rotatable bonds is 4. The molecule has 1 fully saturated rings. The predicted octanol–water partition coefficient (Wildman–Crippen LogP) is 3.87. The summed E-state index contributed by atoms with van der Waals surface area (Å²) in [6, 6.07) is 1.72. The number of nitrogens with zero attached hydrogens (tertiary/aromatic N) is 1. The molecule has 0 aliphatic carbocycles. The molecule has 5 nitrogen and oxygen atoms in total. The summed E-state index contributed by atoms with van der Waals surface area (Å²) in [6.45, 7) is 6.47. The molecule has 0 unspecified atom stereocenters. The first-order chi connectivity index (χ1) is 11.2. The molecule has 1 saturated heterocycles. The Morgan fingerprint density at radius 1 is 1.38 bits per heavy atom. The average Bonchev–Trinajstić information content (AvgIpc) is 2.40. The van der Waals surface area contributed by atoms with E-state index in [1.54, 1.807) is 18.1 Å². The Hall–Kier alpha value is -1.17. The van der Waals surface area contributed by atoms with Crippen molar-refractivity contribution in [3.8, 4) is 5.75 Å². The van der Waals surface area contributed by atoms with Gasteiger partial charge in [-0.3, -0.25) is 0 Å². The fraction of sp³-hybridized carbons (Fsp3) is 0.588. The first kappa shape index (κ1) is 19.2. The van der Waals surface area contributed by atoms with Gasteiger partial charge in [-0.1, -0.05) is 23.2 Å². The van der Waals surface area contributed by atoms with Crippen LogP contribution < -0.4 is 4.74 Å². The van der Waals surface area contributed by atoms with Gasteiger partial charge in [0.05, 0.1) is 17.2 Å². The number of hydrogen-bond acceptors (Lipinski definition) is 4. The van der Waals surface area contributed by atoms with Crippen LogP contribution in [0.5, 0.6) is 5.75 Å². The van der Waals surface area contributed by atoms with Crippen LogP contribution in [-0.4, -0.2) is 48.5 Å². The molecule has 24 heavy (non-hydrogen) atoms. The van der Waals surface area contributed by atoms with Crippen molar-refractivity contribution < 1.29 is 19.4 Å². The van der Waals surface area contributed by atoms with Gasteiger partial charge in [-0.05, 0) is 38.8 Å². The van der Waals surface area contributed by atoms with Gasteiger partial charge in [-0.25, -0.2) is 4.79 Å². The number of carbonyl (C=O) groups excluding carboxylic acids is 1. The second kappa shape index (κ2) is 7.38. The number of aliphatic hydroxyl groups excluding tert-OH is 1. The molecule has 0 radical (unpaired) electrons. The first-order valence-corrected chi connectivity index (χ1v) is 8.57. The van der Waals surface area contributed by atoms with Crippen LogP contribution in [0.4, 0.5) is 4.79 Å². The van der Waals surface area contributed by atoms with Crippen molar-refractivity contribution in [2.75, 3.05) is 26.8 Å². The van der Waals surface area contributed by atoms with Gasteiger partial charge in [0.25, 0.3) is 0 Å². The van der Waals surface area contributed by atoms with Crippen molar-refractivity contribution in [3.05, 3.63) is 27.2 Å². The molecule has 1 aromatic rings. The Bertz CT molecular complexity index is 622. The number of aliphatic hydroxyl groups is 1. The maximum absolute atomic E-state index is 12.1. The highest BCUT2D eigenvalue weighted by Gasteiger charge is 2.38. The van der Waals surface area contributed by atoms with Crippen molar-refractivity contribution in [1.82, 2.24) is 4.90 Å². The van der Waals surface area contributed by atoms with E-state index in [0.717, 1.165) is 11.1 Å². The van der Waals surface area contributed by atoms with Gasteiger partial charge in [0.2, 0.25) is 0 Å². The number of likely N-dealkylation sites (tertiary alicyclic amines) is 1. The zero-order valence-corrected chi connectivity index (χ0v) is 15.9. The summed E-state index contributed by atoms with van der Waals surface area (Å²) in [7, 11) is 1.56. The number of carbonyl (C=O) groups is 1. The Morgan fingerprint density at radius 2 is 2.00 bits per heavy atom. The predicted molar refractivity (Wildman–Crippen MR) is 94.4 cm³/mol. The SMILES string of the molecule is COc1c(CCO)cc(Cl)c(Cl)c1C1CN(C(=O)OC(C)(C)C)C1. The van der Waals surface area contributed by atoms with E-state index in [9.17, 15) is 9.90 Å². The lowest BCUT2D eigenvalue weighted by Gasteiger charge is -2.41. The summed E-state index contributed by atoms with van der Waals surface area (Å²) in [4.78, 5) is 13.7. The minimum atomic E-state index is -0.526. The minimum absolute atomic E-state index is 0.0114. The van der Waals surface area contributed by atoms with Crippen LogP contribution in [0.1, 0.15) is 37.8 Å². The zero-order valence-electron chi connectivity index (χ0n) is 14.4. The first-order valence-electron chi connectivity index (χ1n) is 7.81. The highest BCUT2D eigenvalue weighted by atomic mass is 35.5. The molecule has 1 aliphatic rings. The number of ether oxygens (including phenoxy) is 2. The van der Waals surface area contributed by atoms with Crippen molar-refractivity contribution in [3.63, 3.8) is 0 Å². The van der Waals surface area contributed by atoms with E-state index in [4.69, 9.17) is 32.7 Å². The van der Waals surface area contributed by atoms with E-state index in [1.807, 2.05) is 20.8 Å². The van der Waals surface area contributed by atoms with E-state index >= 15 is 0 Å². The fourth-order valence-corrected chi connectivity index (χ4v) is 3.26. The third-order valence-corrected chi connectivity index (χ3v) is 4.61. The molecular weight excluding hydrogens is 353 g/mol. The molecule has 1 N–H and O–H groups in total. The lowest BCUT2D eigenvalue weighted by atomic mass is 9.89. The van der Waals surface area contributed by atoms with E-state index in [-0.39, 0.29) is 18.6 Å². The van der Waals surface area contributed by atoms with Gasteiger partial charge in [0, 0.05) is 31.2 Å². The van der Waals surface area contributed by atoms with Crippen molar-refractivity contribution in [2.24, 2.45) is 0 Å². The van der Waals surface area contributed by atoms with Gasteiger partial charge in [0.1, 0.15) is 11.4 Å². The normalized spacial score (nSPS) is 15.2. The van der Waals surface area contributed by atoms with Crippen LogP contribution in [-0.2, 0) is 11.2 Å². The van der Waals surface area contributed by atoms with Crippen LogP contribution in [0.15, 0.2) is 6.07 Å². The number of amides is 1. The Labute approximate surface area is 152 Å². The summed E-state index contributed by atoms with van der Waals surface area (Å²) in [6.07, 6.45) is 0.0849. The molecule has 134 valence electrons. The maximum atomic E-state index is 12.1. The van der Waals surface area contributed by atoms with Crippen LogP contribution >= 0.6 is 23.2 Å². The molecule has 0 spiro atoms. The van der Waals surface area contributed by atoms with Crippen LogP contribution in [0.25, 0.3) is 0 Å². The van der Waals surface area contributed by atoms with Crippen molar-refractivity contribution >= 4 is 29.3 Å². The van der Waals surface area contributed by atoms with Gasteiger partial charge >= 0.3 is 6.09 Å². The highest BCUT2D eigenvalue weighted by Crippen LogP contribution is 2.44. The lowest BCUT2D eigenvalue weighted by Crippen LogP contribution is -2.50. The summed E-state index contributed by atoms with van der Waals surface area (Å²) in [5, 5.41) is 10.1. The van der Waals surface area contributed by atoms with Gasteiger partial charge < -0.3 is 19.5 Å². The maximum Gasteiger partial charge on any atom is 0.410 e. The van der Waals surface area contributed by atoms with Crippen molar-refractivity contribution in [1.29, 1.82) is 0 Å². The van der Waals surface area contributed by atoms with Crippen LogP contribution in [0.2, 0.25) is 10.0 Å². The molecule has 1 aromatic carbocycles. The fourth-order valence-electron chi connectivity index (χ4n) is 2.73. The van der Waals surface area contributed by atoms with Crippen LogP contribution in [0, 0.1) is 0 Å².